The molecule has 14 heavy (non-hydrogen) atoms. The van der Waals surface area contributed by atoms with Gasteiger partial charge in [-0.1, -0.05) is 6.07 Å². The van der Waals surface area contributed by atoms with Crippen LogP contribution < -0.4 is 5.73 Å². The van der Waals surface area contributed by atoms with E-state index in [2.05, 4.69) is 4.98 Å². The van der Waals surface area contributed by atoms with Gasteiger partial charge in [0.2, 0.25) is 0 Å². The number of hydrogen-bond donors (Lipinski definition) is 2. The van der Waals surface area contributed by atoms with E-state index in [9.17, 15) is 5.11 Å². The fraction of sp³-hybridized carbons (Fsp3) is 0.300. The monoisotopic (exact) mass is 191 g/mol. The van der Waals surface area contributed by atoms with Crippen LogP contribution in [0.1, 0.15) is 12.7 Å². The Kier molecular flexibility index (Phi) is 2.13. The van der Waals surface area contributed by atoms with Crippen LogP contribution in [-0.4, -0.2) is 20.6 Å². The minimum atomic E-state index is -0.403. The molecule has 2 heterocycles. The molecule has 3 N–H and O–H groups in total. The second kappa shape index (κ2) is 3.31. The van der Waals surface area contributed by atoms with Crippen molar-refractivity contribution in [3.8, 4) is 0 Å². The average Bonchev–Trinajstić information content (AvgIpc) is 2.49. The number of aliphatic hydroxyl groups excluding tert-OH is 1. The fourth-order valence-electron chi connectivity index (χ4n) is 1.55. The largest absolute Gasteiger partial charge is 0.393 e. The Labute approximate surface area is 82.0 Å². The van der Waals surface area contributed by atoms with Gasteiger partial charge in [-0.25, -0.2) is 4.98 Å². The molecule has 0 bridgehead atoms. The second-order valence-corrected chi connectivity index (χ2v) is 3.44. The number of hydrogen-bond acceptors (Lipinski definition) is 3. The SMILES string of the molecule is CC(O)Cc1ncc2cccc(N)n12. The fourth-order valence-corrected chi connectivity index (χ4v) is 1.55. The van der Waals surface area contributed by atoms with Crippen LogP contribution in [0.5, 0.6) is 0 Å². The molecule has 74 valence electrons. The van der Waals surface area contributed by atoms with Crippen molar-refractivity contribution in [2.45, 2.75) is 19.4 Å². The van der Waals surface area contributed by atoms with Gasteiger partial charge in [-0.2, -0.15) is 0 Å². The molecule has 0 saturated heterocycles. The van der Waals surface area contributed by atoms with E-state index in [0.29, 0.717) is 12.2 Å². The van der Waals surface area contributed by atoms with Gasteiger partial charge in [-0.05, 0) is 19.1 Å². The zero-order chi connectivity index (χ0) is 10.1. The molecule has 0 aromatic carbocycles. The lowest BCUT2D eigenvalue weighted by Gasteiger charge is -2.05. The smallest absolute Gasteiger partial charge is 0.117 e. The van der Waals surface area contributed by atoms with E-state index in [1.165, 1.54) is 0 Å². The zero-order valence-electron chi connectivity index (χ0n) is 8.01. The van der Waals surface area contributed by atoms with E-state index in [4.69, 9.17) is 5.73 Å². The minimum absolute atomic E-state index is 0.403. The first-order chi connectivity index (χ1) is 6.68. The molecular weight excluding hydrogens is 178 g/mol. The summed E-state index contributed by atoms with van der Waals surface area (Å²) in [5.41, 5.74) is 6.78. The van der Waals surface area contributed by atoms with Gasteiger partial charge in [-0.3, -0.25) is 4.40 Å². The lowest BCUT2D eigenvalue weighted by atomic mass is 10.3. The van der Waals surface area contributed by atoms with Crippen LogP contribution in [0.2, 0.25) is 0 Å². The van der Waals surface area contributed by atoms with Crippen LogP contribution in [0.15, 0.2) is 24.4 Å². The molecule has 0 aliphatic heterocycles. The number of nitrogens with zero attached hydrogens (tertiary/aromatic N) is 2. The maximum Gasteiger partial charge on any atom is 0.117 e. The molecular formula is C10H13N3O. The maximum atomic E-state index is 9.28. The van der Waals surface area contributed by atoms with Crippen LogP contribution in [0.25, 0.3) is 5.52 Å². The van der Waals surface area contributed by atoms with E-state index in [1.54, 1.807) is 13.1 Å². The van der Waals surface area contributed by atoms with E-state index >= 15 is 0 Å². The first-order valence-corrected chi connectivity index (χ1v) is 4.57. The average molecular weight is 191 g/mol. The highest BCUT2D eigenvalue weighted by molar-refractivity contribution is 5.53. The normalized spacial score (nSPS) is 13.3. The Balaban J connectivity index is 2.55. The van der Waals surface area contributed by atoms with Crippen molar-refractivity contribution in [2.75, 3.05) is 5.73 Å². The molecule has 0 amide bonds. The van der Waals surface area contributed by atoms with Crippen molar-refractivity contribution in [1.29, 1.82) is 0 Å². The van der Waals surface area contributed by atoms with Gasteiger partial charge in [0.1, 0.15) is 11.6 Å². The van der Waals surface area contributed by atoms with Crippen molar-refractivity contribution in [2.24, 2.45) is 0 Å². The third kappa shape index (κ3) is 1.44. The van der Waals surface area contributed by atoms with Crippen LogP contribution in [-0.2, 0) is 6.42 Å². The zero-order valence-corrected chi connectivity index (χ0v) is 8.01. The number of pyridine rings is 1. The van der Waals surface area contributed by atoms with Crippen molar-refractivity contribution in [3.05, 3.63) is 30.2 Å². The highest BCUT2D eigenvalue weighted by Gasteiger charge is 2.07. The third-order valence-corrected chi connectivity index (χ3v) is 2.13. The van der Waals surface area contributed by atoms with Crippen LogP contribution in [0, 0.1) is 0 Å². The van der Waals surface area contributed by atoms with Crippen LogP contribution in [0.3, 0.4) is 0 Å². The molecule has 4 heteroatoms. The van der Waals surface area contributed by atoms with Gasteiger partial charge in [0.05, 0.1) is 17.8 Å². The molecule has 0 aliphatic carbocycles. The summed E-state index contributed by atoms with van der Waals surface area (Å²) < 4.78 is 1.85. The molecule has 0 spiro atoms. The summed E-state index contributed by atoms with van der Waals surface area (Å²) in [7, 11) is 0. The van der Waals surface area contributed by atoms with E-state index in [0.717, 1.165) is 11.3 Å². The van der Waals surface area contributed by atoms with E-state index in [-0.39, 0.29) is 0 Å². The Morgan fingerprint density at radius 1 is 1.57 bits per heavy atom. The van der Waals surface area contributed by atoms with Gasteiger partial charge in [0.15, 0.2) is 0 Å². The summed E-state index contributed by atoms with van der Waals surface area (Å²) in [6, 6.07) is 5.65. The van der Waals surface area contributed by atoms with Gasteiger partial charge in [-0.15, -0.1) is 0 Å². The number of anilines is 1. The lowest BCUT2D eigenvalue weighted by Crippen LogP contribution is -2.09. The van der Waals surface area contributed by atoms with E-state index in [1.807, 2.05) is 22.6 Å². The van der Waals surface area contributed by atoms with Crippen LogP contribution in [0.4, 0.5) is 5.82 Å². The number of rotatable bonds is 2. The first-order valence-electron chi connectivity index (χ1n) is 4.57. The standard InChI is InChI=1S/C10H13N3O/c1-7(14)5-10-12-6-8-3-2-4-9(11)13(8)10/h2-4,6-7,14H,5,11H2,1H3. The summed E-state index contributed by atoms with van der Waals surface area (Å²) >= 11 is 0. The molecule has 0 aliphatic rings. The number of fused-ring (bicyclic) bond motifs is 1. The minimum Gasteiger partial charge on any atom is -0.393 e. The highest BCUT2D eigenvalue weighted by Crippen LogP contribution is 2.13. The Hall–Kier alpha value is -1.55. The molecule has 4 nitrogen and oxygen atoms in total. The number of aromatic nitrogens is 2. The van der Waals surface area contributed by atoms with Crippen molar-refractivity contribution in [1.82, 2.24) is 9.38 Å². The summed E-state index contributed by atoms with van der Waals surface area (Å²) in [5.74, 6) is 1.45. The number of nitrogen functional groups attached to an aromatic ring is 1. The maximum absolute atomic E-state index is 9.28. The summed E-state index contributed by atoms with van der Waals surface area (Å²) in [4.78, 5) is 4.22. The van der Waals surface area contributed by atoms with Gasteiger partial charge in [0.25, 0.3) is 0 Å². The molecule has 1 atom stereocenters. The van der Waals surface area contributed by atoms with Crippen molar-refractivity contribution < 1.29 is 5.11 Å². The summed E-state index contributed by atoms with van der Waals surface area (Å²) in [5, 5.41) is 9.28. The second-order valence-electron chi connectivity index (χ2n) is 3.44. The quantitative estimate of drug-likeness (QED) is 0.739. The molecule has 0 radical (unpaired) electrons. The summed E-state index contributed by atoms with van der Waals surface area (Å²) in [6.45, 7) is 1.74. The Morgan fingerprint density at radius 3 is 3.07 bits per heavy atom. The molecule has 2 aromatic rings. The summed E-state index contributed by atoms with van der Waals surface area (Å²) in [6.07, 6.45) is 1.87. The lowest BCUT2D eigenvalue weighted by molar-refractivity contribution is 0.192. The molecule has 0 fully saturated rings. The van der Waals surface area contributed by atoms with Gasteiger partial charge >= 0.3 is 0 Å². The Morgan fingerprint density at radius 2 is 2.36 bits per heavy atom. The van der Waals surface area contributed by atoms with Gasteiger partial charge in [0, 0.05) is 6.42 Å². The topological polar surface area (TPSA) is 63.5 Å². The van der Waals surface area contributed by atoms with Crippen molar-refractivity contribution in [3.63, 3.8) is 0 Å². The third-order valence-electron chi connectivity index (χ3n) is 2.13. The predicted molar refractivity (Wildman–Crippen MR) is 55.0 cm³/mol. The molecule has 2 rings (SSSR count). The number of aliphatic hydroxyl groups is 1. The molecule has 0 saturated carbocycles. The Bertz CT molecular complexity index is 448. The van der Waals surface area contributed by atoms with Crippen LogP contribution >= 0.6 is 0 Å². The van der Waals surface area contributed by atoms with E-state index < -0.39 is 6.10 Å². The van der Waals surface area contributed by atoms with Gasteiger partial charge < -0.3 is 10.8 Å². The van der Waals surface area contributed by atoms with Crippen molar-refractivity contribution >= 4 is 11.3 Å². The molecule has 1 unspecified atom stereocenters. The number of nitrogens with two attached hydrogens (primary N) is 1. The highest BCUT2D eigenvalue weighted by atomic mass is 16.3. The molecule has 2 aromatic heterocycles. The number of imidazole rings is 1. The first kappa shape index (κ1) is 9.02. The predicted octanol–water partition coefficient (Wildman–Crippen LogP) is 0.840.